The zero-order valence-electron chi connectivity index (χ0n) is 11.3. The molecule has 7 N–H and O–H groups in total. The van der Waals surface area contributed by atoms with Crippen LogP contribution >= 0.6 is 0 Å². The first-order chi connectivity index (χ1) is 9.76. The van der Waals surface area contributed by atoms with Gasteiger partial charge in [-0.15, -0.1) is 6.58 Å². The molecule has 0 aromatic heterocycles. The zero-order chi connectivity index (χ0) is 18.8. The topological polar surface area (TPSA) is 176 Å². The Kier molecular flexibility index (Phi) is 36.2. The second kappa shape index (κ2) is 24.2. The fraction of sp³-hybridized carbons (Fsp3) is 0.667. The molecule has 17 heteroatoms. The van der Waals surface area contributed by atoms with Crippen LogP contribution in [0, 0.1) is 0 Å². The first kappa shape index (κ1) is 34.4. The molecule has 0 radical (unpaired) electrons. The zero-order valence-corrected chi connectivity index (χ0v) is 12.2. The summed E-state index contributed by atoms with van der Waals surface area (Å²) in [4.78, 5) is 0. The van der Waals surface area contributed by atoms with Crippen molar-refractivity contribution in [1.82, 2.24) is 0 Å². The van der Waals surface area contributed by atoms with E-state index in [1.165, 1.54) is 0 Å². The molecule has 0 unspecified atom stereocenters. The van der Waals surface area contributed by atoms with Gasteiger partial charge in [-0.1, -0.05) is 6.08 Å². The summed E-state index contributed by atoms with van der Waals surface area (Å²) < 4.78 is 58.8. The van der Waals surface area contributed by atoms with Gasteiger partial charge in [0.1, 0.15) is 0 Å². The van der Waals surface area contributed by atoms with Crippen LogP contribution in [-0.2, 0) is 10.1 Å². The Hall–Kier alpha value is -0.00779. The summed E-state index contributed by atoms with van der Waals surface area (Å²) in [6, 6.07) is 0. The van der Waals surface area contributed by atoms with Gasteiger partial charge >= 0.3 is 41.0 Å². The maximum absolute atomic E-state index is 10.1. The predicted molar refractivity (Wildman–Crippen MR) is 81.5 cm³/mol. The van der Waals surface area contributed by atoms with Gasteiger partial charge in [-0.2, -0.15) is 8.42 Å². The van der Waals surface area contributed by atoms with E-state index >= 15 is 0 Å². The number of hydrogen-bond donors (Lipinski definition) is 7. The molecule has 0 aliphatic rings. The van der Waals surface area contributed by atoms with Crippen molar-refractivity contribution < 1.29 is 56.1 Å². The maximum atomic E-state index is 10.1. The normalized spacial score (nSPS) is 8.43. The predicted octanol–water partition coefficient (Wildman–Crippen LogP) is -2.64. The van der Waals surface area contributed by atoms with Crippen molar-refractivity contribution >= 4 is 51.2 Å². The standard InChI is InChI=1S/C6H12O3S.3BFH2O2.Li.H/c1-2-3-4-5-6-10(7,8)9;3*2-1(3)4;;/h2H,1,3-6H2,(H,7,8,9);3*3-4H;;. The van der Waals surface area contributed by atoms with Crippen LogP contribution in [0.5, 0.6) is 0 Å². The van der Waals surface area contributed by atoms with E-state index in [4.69, 9.17) is 34.7 Å². The first-order valence-electron chi connectivity index (χ1n) is 5.32. The van der Waals surface area contributed by atoms with Gasteiger partial charge in [0.15, 0.2) is 0 Å². The number of unbranched alkanes of at least 4 members (excludes halogenated alkanes) is 2. The fourth-order valence-electron chi connectivity index (χ4n) is 0.573. The van der Waals surface area contributed by atoms with E-state index in [1.54, 1.807) is 6.08 Å². The summed E-state index contributed by atoms with van der Waals surface area (Å²) in [6.07, 6.45) is 3.80. The number of allylic oxidation sites excluding steroid dienone is 1. The molecule has 23 heavy (non-hydrogen) atoms. The minimum atomic E-state index is -3.74. The molecule has 0 saturated heterocycles. The van der Waals surface area contributed by atoms with Gasteiger partial charge in [0.25, 0.3) is 10.1 Å². The Bertz CT molecular complexity index is 301. The van der Waals surface area contributed by atoms with E-state index < -0.39 is 32.3 Å². The van der Waals surface area contributed by atoms with Gasteiger partial charge < -0.3 is 30.1 Å². The van der Waals surface area contributed by atoms with Crippen molar-refractivity contribution in [3.8, 4) is 0 Å². The van der Waals surface area contributed by atoms with Crippen LogP contribution in [0.3, 0.4) is 0 Å². The molecule has 0 aromatic carbocycles. The van der Waals surface area contributed by atoms with Crippen LogP contribution < -0.4 is 0 Å². The summed E-state index contributed by atoms with van der Waals surface area (Å²) in [6.45, 7) is 3.48. The first-order valence-corrected chi connectivity index (χ1v) is 6.93. The van der Waals surface area contributed by atoms with Crippen LogP contribution in [0.1, 0.15) is 19.3 Å². The molecule has 0 spiro atoms. The van der Waals surface area contributed by atoms with Gasteiger partial charge in [0.2, 0.25) is 0 Å². The Labute approximate surface area is 145 Å². The van der Waals surface area contributed by atoms with Crippen molar-refractivity contribution in [1.29, 1.82) is 0 Å². The fourth-order valence-corrected chi connectivity index (χ4v) is 1.14. The summed E-state index contributed by atoms with van der Waals surface area (Å²) in [5, 5.41) is 41.7. The molecule has 0 aliphatic heterocycles. The van der Waals surface area contributed by atoms with E-state index in [0.29, 0.717) is 6.42 Å². The Morgan fingerprint density at radius 2 is 1.13 bits per heavy atom. The third-order valence-electron chi connectivity index (χ3n) is 1.06. The molecule has 0 rings (SSSR count). The average Bonchev–Trinajstić information content (AvgIpc) is 2.20. The molecule has 0 heterocycles. The molecule has 0 saturated carbocycles. The Morgan fingerprint density at radius 3 is 1.30 bits per heavy atom. The van der Waals surface area contributed by atoms with Crippen molar-refractivity contribution in [3.05, 3.63) is 12.7 Å². The second-order valence-electron chi connectivity index (χ2n) is 3.00. The molecule has 0 fully saturated rings. The van der Waals surface area contributed by atoms with Crippen LogP contribution in [0.2, 0.25) is 0 Å². The van der Waals surface area contributed by atoms with E-state index in [0.717, 1.165) is 12.8 Å². The monoisotopic (exact) mass is 364 g/mol. The van der Waals surface area contributed by atoms with Crippen molar-refractivity contribution in [3.63, 3.8) is 0 Å². The molecular weight excluding hydrogens is 344 g/mol. The van der Waals surface area contributed by atoms with Gasteiger partial charge in [-0.05, 0) is 19.3 Å². The number of rotatable bonds is 5. The van der Waals surface area contributed by atoms with Gasteiger partial charge in [-0.3, -0.25) is 17.5 Å². The third-order valence-corrected chi connectivity index (χ3v) is 1.87. The molecule has 134 valence electrons. The Balaban J connectivity index is -0.0000000700. The quantitative estimate of drug-likeness (QED) is 0.119. The van der Waals surface area contributed by atoms with Crippen LogP contribution in [0.25, 0.3) is 0 Å². The van der Waals surface area contributed by atoms with E-state index in [1.807, 2.05) is 0 Å². The SMILES string of the molecule is C=CCCCCS(=O)(=O)O.OB(O)F.OB(O)F.OB(O)F.[LiH]. The molecule has 0 aliphatic carbocycles. The third kappa shape index (κ3) is 180. The molecule has 0 amide bonds. The molecule has 0 aromatic rings. The molecule has 9 nitrogen and oxygen atoms in total. The van der Waals surface area contributed by atoms with Gasteiger partial charge in [-0.25, -0.2) is 0 Å². The summed E-state index contributed by atoms with van der Waals surface area (Å²) in [7, 11) is -11.7. The summed E-state index contributed by atoms with van der Waals surface area (Å²) >= 11 is 0. The summed E-state index contributed by atoms with van der Waals surface area (Å²) in [5.41, 5.74) is 0. The van der Waals surface area contributed by atoms with Crippen molar-refractivity contribution in [2.24, 2.45) is 0 Å². The van der Waals surface area contributed by atoms with E-state index in [-0.39, 0.29) is 24.6 Å². The molecule has 0 bridgehead atoms. The van der Waals surface area contributed by atoms with Gasteiger partial charge in [0, 0.05) is 0 Å². The molecule has 0 atom stereocenters. The van der Waals surface area contributed by atoms with Gasteiger partial charge in [0.05, 0.1) is 5.75 Å². The van der Waals surface area contributed by atoms with E-state index in [9.17, 15) is 21.4 Å². The second-order valence-corrected chi connectivity index (χ2v) is 4.57. The van der Waals surface area contributed by atoms with E-state index in [2.05, 4.69) is 6.58 Å². The van der Waals surface area contributed by atoms with Crippen LogP contribution in [0.4, 0.5) is 12.9 Å². The van der Waals surface area contributed by atoms with Crippen molar-refractivity contribution in [2.45, 2.75) is 19.3 Å². The Morgan fingerprint density at radius 1 is 0.870 bits per heavy atom. The summed E-state index contributed by atoms with van der Waals surface area (Å²) in [5.74, 6) is -0.138. The van der Waals surface area contributed by atoms with Crippen LogP contribution in [0.15, 0.2) is 12.7 Å². The number of halogens is 3. The van der Waals surface area contributed by atoms with Crippen LogP contribution in [-0.4, -0.2) is 89.9 Å². The minimum absolute atomic E-state index is 0. The average molecular weight is 364 g/mol. The number of hydrogen-bond acceptors (Lipinski definition) is 8. The molecular formula is C6H19B3F3LiO9S. The van der Waals surface area contributed by atoms with Crippen molar-refractivity contribution in [2.75, 3.05) is 5.75 Å².